The summed E-state index contributed by atoms with van der Waals surface area (Å²) in [6.07, 6.45) is 3.17. The summed E-state index contributed by atoms with van der Waals surface area (Å²) in [5.41, 5.74) is 6.82. The number of nitrogens with two attached hydrogens (primary N) is 1. The van der Waals surface area contributed by atoms with Crippen LogP contribution in [0.15, 0.2) is 42.5 Å². The third kappa shape index (κ3) is 5.79. The number of aryl methyl sites for hydroxylation is 2. The molecule has 0 aliphatic heterocycles. The zero-order chi connectivity index (χ0) is 15.8. The Morgan fingerprint density at radius 2 is 1.91 bits per heavy atom. The fourth-order valence-electron chi connectivity index (χ4n) is 2.20. The molecule has 4 heteroatoms. The van der Waals surface area contributed by atoms with Gasteiger partial charge in [0.15, 0.2) is 5.06 Å². The minimum absolute atomic E-state index is 0.123. The molecule has 120 valence electrons. The van der Waals surface area contributed by atoms with Crippen molar-refractivity contribution in [2.45, 2.75) is 38.8 Å². The first-order valence-corrected chi connectivity index (χ1v) is 8.66. The smallest absolute Gasteiger partial charge is 0.173 e. The van der Waals surface area contributed by atoms with Gasteiger partial charge in [-0.1, -0.05) is 37.3 Å². The maximum atomic E-state index is 9.30. The highest BCUT2D eigenvalue weighted by Crippen LogP contribution is 2.26. The molecule has 1 aromatic heterocycles. The number of aliphatic hydroxyl groups excluding tert-OH is 1. The maximum absolute atomic E-state index is 9.30. The average molecular weight is 319 g/mol. The first kappa shape index (κ1) is 17.0. The van der Waals surface area contributed by atoms with E-state index < -0.39 is 6.23 Å². The molecule has 0 saturated heterocycles. The van der Waals surface area contributed by atoms with Crippen molar-refractivity contribution >= 4 is 11.3 Å². The van der Waals surface area contributed by atoms with Gasteiger partial charge in [0.25, 0.3) is 0 Å². The second-order valence-electron chi connectivity index (χ2n) is 5.66. The highest BCUT2D eigenvalue weighted by atomic mass is 32.1. The Kier molecular flexibility index (Phi) is 6.90. The van der Waals surface area contributed by atoms with Crippen molar-refractivity contribution in [3.63, 3.8) is 0 Å². The topological polar surface area (TPSA) is 55.5 Å². The molecule has 22 heavy (non-hydrogen) atoms. The molecule has 1 heterocycles. The van der Waals surface area contributed by atoms with Crippen molar-refractivity contribution in [3.05, 3.63) is 52.9 Å². The van der Waals surface area contributed by atoms with Crippen molar-refractivity contribution in [1.82, 2.24) is 0 Å². The van der Waals surface area contributed by atoms with Crippen molar-refractivity contribution < 1.29 is 9.84 Å². The van der Waals surface area contributed by atoms with Gasteiger partial charge in [0.1, 0.15) is 6.23 Å². The molecule has 1 aromatic carbocycles. The molecule has 0 spiro atoms. The summed E-state index contributed by atoms with van der Waals surface area (Å²) in [6.45, 7) is 2.71. The second-order valence-corrected chi connectivity index (χ2v) is 6.80. The van der Waals surface area contributed by atoms with Crippen LogP contribution < -0.4 is 10.5 Å². The number of rotatable bonds is 9. The van der Waals surface area contributed by atoms with E-state index in [1.54, 1.807) is 11.3 Å². The Balaban J connectivity index is 1.66. The van der Waals surface area contributed by atoms with Crippen LogP contribution in [0.4, 0.5) is 0 Å². The number of hydrogen-bond donors (Lipinski definition) is 2. The largest absolute Gasteiger partial charge is 0.484 e. The highest BCUT2D eigenvalue weighted by molar-refractivity contribution is 7.13. The van der Waals surface area contributed by atoms with Crippen molar-refractivity contribution in [3.8, 4) is 5.06 Å². The Morgan fingerprint density at radius 3 is 2.64 bits per heavy atom. The van der Waals surface area contributed by atoms with Crippen LogP contribution in [0.2, 0.25) is 0 Å². The van der Waals surface area contributed by atoms with Gasteiger partial charge in [-0.2, -0.15) is 0 Å². The Bertz CT molecular complexity index is 539. The summed E-state index contributed by atoms with van der Waals surface area (Å²) in [5.74, 6) is 0.123. The lowest BCUT2D eigenvalue weighted by Crippen LogP contribution is -2.27. The highest BCUT2D eigenvalue weighted by Gasteiger charge is 2.10. The summed E-state index contributed by atoms with van der Waals surface area (Å²) in [4.78, 5) is 1.28. The normalized spacial score (nSPS) is 13.8. The van der Waals surface area contributed by atoms with E-state index >= 15 is 0 Å². The molecule has 3 nitrogen and oxygen atoms in total. The minimum Gasteiger partial charge on any atom is -0.484 e. The average Bonchev–Trinajstić information content (AvgIpc) is 2.98. The van der Waals surface area contributed by atoms with Gasteiger partial charge < -0.3 is 15.6 Å². The molecule has 0 saturated carbocycles. The third-order valence-electron chi connectivity index (χ3n) is 3.76. The van der Waals surface area contributed by atoms with Crippen LogP contribution in [0.1, 0.15) is 30.2 Å². The van der Waals surface area contributed by atoms with E-state index in [4.69, 9.17) is 10.5 Å². The number of benzene rings is 1. The van der Waals surface area contributed by atoms with Crippen LogP contribution in [0.25, 0.3) is 0 Å². The molecular formula is C18H25NO2S. The van der Waals surface area contributed by atoms with Gasteiger partial charge in [-0.05, 0) is 49.3 Å². The lowest BCUT2D eigenvalue weighted by Gasteiger charge is -2.13. The standard InChI is InChI=1S/C18H25NO2S/c1-14(18(19)20)9-10-16-11-12-17(22-16)21-13-5-8-15-6-3-2-4-7-15/h2-4,6-7,11-12,14,18,20H,5,8-10,13,19H2,1H3/t14-,18?/m1/s1. The lowest BCUT2D eigenvalue weighted by molar-refractivity contribution is 0.119. The van der Waals surface area contributed by atoms with Gasteiger partial charge in [-0.15, -0.1) is 11.3 Å². The van der Waals surface area contributed by atoms with Gasteiger partial charge in [-0.25, -0.2) is 0 Å². The number of aliphatic hydroxyl groups is 1. The van der Waals surface area contributed by atoms with E-state index in [0.717, 1.165) is 37.4 Å². The number of thiophene rings is 1. The molecule has 3 N–H and O–H groups in total. The van der Waals surface area contributed by atoms with E-state index in [1.165, 1.54) is 10.4 Å². The molecule has 0 bridgehead atoms. The molecule has 2 atom stereocenters. The summed E-state index contributed by atoms with van der Waals surface area (Å²) < 4.78 is 5.81. The SMILES string of the molecule is C[C@H](CCc1ccc(OCCCc2ccccc2)s1)C(N)O. The quantitative estimate of drug-likeness (QED) is 0.548. The van der Waals surface area contributed by atoms with Gasteiger partial charge in [0.2, 0.25) is 0 Å². The fraction of sp³-hybridized carbons (Fsp3) is 0.444. The van der Waals surface area contributed by atoms with Crippen molar-refractivity contribution in [2.24, 2.45) is 11.7 Å². The van der Waals surface area contributed by atoms with Crippen molar-refractivity contribution in [2.75, 3.05) is 6.61 Å². The first-order valence-electron chi connectivity index (χ1n) is 7.84. The second kappa shape index (κ2) is 8.93. The third-order valence-corrected chi connectivity index (χ3v) is 4.82. The zero-order valence-corrected chi connectivity index (χ0v) is 13.9. The van der Waals surface area contributed by atoms with Gasteiger partial charge in [0, 0.05) is 4.88 Å². The van der Waals surface area contributed by atoms with Crippen LogP contribution in [0, 0.1) is 5.92 Å². The number of ether oxygens (including phenoxy) is 1. The Labute approximate surface area is 136 Å². The fourth-order valence-corrected chi connectivity index (χ4v) is 3.10. The van der Waals surface area contributed by atoms with Crippen LogP contribution >= 0.6 is 11.3 Å². The zero-order valence-electron chi connectivity index (χ0n) is 13.1. The number of hydrogen-bond acceptors (Lipinski definition) is 4. The summed E-state index contributed by atoms with van der Waals surface area (Å²) in [5, 5.41) is 10.3. The maximum Gasteiger partial charge on any atom is 0.173 e. The molecule has 1 unspecified atom stereocenters. The summed E-state index contributed by atoms with van der Waals surface area (Å²) >= 11 is 1.69. The van der Waals surface area contributed by atoms with Crippen LogP contribution in [-0.4, -0.2) is 17.9 Å². The lowest BCUT2D eigenvalue weighted by atomic mass is 10.0. The van der Waals surface area contributed by atoms with E-state index in [2.05, 4.69) is 30.3 Å². The molecule has 0 aliphatic carbocycles. The molecule has 0 fully saturated rings. The first-order chi connectivity index (χ1) is 10.6. The van der Waals surface area contributed by atoms with Crippen LogP contribution in [0.3, 0.4) is 0 Å². The minimum atomic E-state index is -0.728. The Hall–Kier alpha value is -1.36. The van der Waals surface area contributed by atoms with E-state index in [-0.39, 0.29) is 5.92 Å². The van der Waals surface area contributed by atoms with E-state index in [1.807, 2.05) is 19.1 Å². The predicted octanol–water partition coefficient (Wildman–Crippen LogP) is 3.61. The van der Waals surface area contributed by atoms with Crippen LogP contribution in [-0.2, 0) is 12.8 Å². The molecule has 2 rings (SSSR count). The van der Waals surface area contributed by atoms with Crippen LogP contribution in [0.5, 0.6) is 5.06 Å². The molecule has 2 aromatic rings. The van der Waals surface area contributed by atoms with E-state index in [9.17, 15) is 5.11 Å². The monoisotopic (exact) mass is 319 g/mol. The van der Waals surface area contributed by atoms with E-state index in [0.29, 0.717) is 0 Å². The molecule has 0 radical (unpaired) electrons. The van der Waals surface area contributed by atoms with Crippen molar-refractivity contribution in [1.29, 1.82) is 0 Å². The molecular weight excluding hydrogens is 294 g/mol. The Morgan fingerprint density at radius 1 is 1.14 bits per heavy atom. The summed E-state index contributed by atoms with van der Waals surface area (Å²) in [6, 6.07) is 14.6. The molecule has 0 amide bonds. The predicted molar refractivity (Wildman–Crippen MR) is 92.3 cm³/mol. The van der Waals surface area contributed by atoms with Gasteiger partial charge in [-0.3, -0.25) is 0 Å². The molecule has 0 aliphatic rings. The van der Waals surface area contributed by atoms with Gasteiger partial charge >= 0.3 is 0 Å². The summed E-state index contributed by atoms with van der Waals surface area (Å²) in [7, 11) is 0. The van der Waals surface area contributed by atoms with Gasteiger partial charge in [0.05, 0.1) is 6.61 Å².